The smallest absolute Gasteiger partial charge is 0.196 e. The predicted octanol–water partition coefficient (Wildman–Crippen LogP) is 2.76. The molecule has 0 aliphatic rings. The Labute approximate surface area is 92.8 Å². The van der Waals surface area contributed by atoms with Crippen molar-refractivity contribution in [2.75, 3.05) is 0 Å². The van der Waals surface area contributed by atoms with Crippen molar-refractivity contribution >= 4 is 5.78 Å². The third-order valence-corrected chi connectivity index (χ3v) is 2.30. The molecule has 2 rings (SSSR count). The lowest BCUT2D eigenvalue weighted by Crippen LogP contribution is -2.04. The number of rotatable bonds is 2. The van der Waals surface area contributed by atoms with E-state index in [2.05, 4.69) is 4.98 Å². The summed E-state index contributed by atoms with van der Waals surface area (Å²) in [6.07, 6.45) is 2.45. The van der Waals surface area contributed by atoms with Gasteiger partial charge in [0.05, 0.1) is 11.8 Å². The Morgan fingerprint density at radius 3 is 2.81 bits per heavy atom. The van der Waals surface area contributed by atoms with Gasteiger partial charge in [0, 0.05) is 11.8 Å². The number of nitrogens with zero attached hydrogens (tertiary/aromatic N) is 1. The molecule has 1 heterocycles. The molecule has 0 aliphatic carbocycles. The summed E-state index contributed by atoms with van der Waals surface area (Å²) < 4.78 is 13.3. The minimum atomic E-state index is -0.589. The molecule has 0 N–H and O–H groups in total. The molecule has 80 valence electrons. The van der Waals surface area contributed by atoms with Crippen LogP contribution in [-0.4, -0.2) is 10.8 Å². The van der Waals surface area contributed by atoms with Crippen LogP contribution >= 0.6 is 0 Å². The average Bonchev–Trinajstić information content (AvgIpc) is 2.29. The van der Waals surface area contributed by atoms with Gasteiger partial charge in [-0.3, -0.25) is 9.78 Å². The zero-order valence-corrected chi connectivity index (χ0v) is 8.77. The summed E-state index contributed by atoms with van der Waals surface area (Å²) in [5.74, 6) is -0.905. The predicted molar refractivity (Wildman–Crippen MR) is 58.8 cm³/mol. The van der Waals surface area contributed by atoms with Crippen LogP contribution < -0.4 is 0 Å². The average molecular weight is 215 g/mol. The van der Waals surface area contributed by atoms with E-state index in [1.165, 1.54) is 12.3 Å². The summed E-state index contributed by atoms with van der Waals surface area (Å²) in [5, 5.41) is 0. The van der Waals surface area contributed by atoms with Gasteiger partial charge in [0.25, 0.3) is 0 Å². The van der Waals surface area contributed by atoms with Crippen LogP contribution in [-0.2, 0) is 0 Å². The fourth-order valence-corrected chi connectivity index (χ4v) is 1.50. The first kappa shape index (κ1) is 10.5. The van der Waals surface area contributed by atoms with Crippen molar-refractivity contribution in [2.24, 2.45) is 0 Å². The van der Waals surface area contributed by atoms with Gasteiger partial charge >= 0.3 is 0 Å². The lowest BCUT2D eigenvalue weighted by Gasteiger charge is -2.02. The van der Waals surface area contributed by atoms with Gasteiger partial charge in [0.1, 0.15) is 0 Å². The highest BCUT2D eigenvalue weighted by Gasteiger charge is 2.13. The molecule has 0 saturated carbocycles. The fourth-order valence-electron chi connectivity index (χ4n) is 1.50. The fraction of sp³-hybridized carbons (Fsp3) is 0.0769. The van der Waals surface area contributed by atoms with E-state index in [1.54, 1.807) is 18.2 Å². The summed E-state index contributed by atoms with van der Waals surface area (Å²) >= 11 is 0. The van der Waals surface area contributed by atoms with E-state index in [-0.39, 0.29) is 11.3 Å². The van der Waals surface area contributed by atoms with E-state index in [4.69, 9.17) is 0 Å². The van der Waals surface area contributed by atoms with Crippen molar-refractivity contribution in [1.29, 1.82) is 0 Å². The molecule has 2 aromatic rings. The Bertz CT molecular complexity index is 537. The van der Waals surface area contributed by atoms with Crippen LogP contribution in [0, 0.1) is 12.7 Å². The minimum absolute atomic E-state index is 0.0561. The Balaban J connectivity index is 2.44. The molecule has 0 bridgehead atoms. The Morgan fingerprint density at radius 1 is 1.31 bits per heavy atom. The van der Waals surface area contributed by atoms with E-state index < -0.39 is 5.82 Å². The van der Waals surface area contributed by atoms with Crippen LogP contribution in [0.2, 0.25) is 0 Å². The van der Waals surface area contributed by atoms with Crippen LogP contribution in [0.5, 0.6) is 0 Å². The molecule has 1 aromatic heterocycles. The standard InChI is InChI=1S/C13H10FNO/c1-9-3-2-4-10(7-9)13(16)11-5-6-15-8-12(11)14/h2-8H,1H3. The van der Waals surface area contributed by atoms with Gasteiger partial charge in [-0.15, -0.1) is 0 Å². The number of hydrogen-bond donors (Lipinski definition) is 0. The summed E-state index contributed by atoms with van der Waals surface area (Å²) in [6.45, 7) is 1.89. The maximum atomic E-state index is 13.3. The number of ketones is 1. The largest absolute Gasteiger partial charge is 0.288 e. The zero-order chi connectivity index (χ0) is 11.5. The van der Waals surface area contributed by atoms with Crippen LogP contribution in [0.3, 0.4) is 0 Å². The second kappa shape index (κ2) is 4.23. The molecule has 16 heavy (non-hydrogen) atoms. The highest BCUT2D eigenvalue weighted by Crippen LogP contribution is 2.13. The molecule has 0 amide bonds. The lowest BCUT2D eigenvalue weighted by atomic mass is 10.0. The number of carbonyl (C=O) groups excluding carboxylic acids is 1. The molecule has 0 aliphatic heterocycles. The van der Waals surface area contributed by atoms with E-state index in [1.807, 2.05) is 13.0 Å². The SMILES string of the molecule is Cc1cccc(C(=O)c2ccncc2F)c1. The van der Waals surface area contributed by atoms with E-state index in [9.17, 15) is 9.18 Å². The van der Waals surface area contributed by atoms with Gasteiger partial charge in [-0.1, -0.05) is 23.8 Å². The molecule has 1 aromatic carbocycles. The molecule has 0 fully saturated rings. The summed E-state index contributed by atoms with van der Waals surface area (Å²) in [5.41, 5.74) is 1.52. The molecular weight excluding hydrogens is 205 g/mol. The maximum Gasteiger partial charge on any atom is 0.196 e. The molecule has 0 atom stereocenters. The van der Waals surface area contributed by atoms with E-state index >= 15 is 0 Å². The number of aryl methyl sites for hydroxylation is 1. The van der Waals surface area contributed by atoms with E-state index in [0.717, 1.165) is 11.8 Å². The zero-order valence-electron chi connectivity index (χ0n) is 8.77. The van der Waals surface area contributed by atoms with Crippen molar-refractivity contribution in [3.05, 3.63) is 65.2 Å². The lowest BCUT2D eigenvalue weighted by molar-refractivity contribution is 0.103. The Hall–Kier alpha value is -2.03. The van der Waals surface area contributed by atoms with Crippen molar-refractivity contribution in [1.82, 2.24) is 4.98 Å². The second-order valence-corrected chi connectivity index (χ2v) is 3.55. The third kappa shape index (κ3) is 1.98. The second-order valence-electron chi connectivity index (χ2n) is 3.55. The van der Waals surface area contributed by atoms with Gasteiger partial charge < -0.3 is 0 Å². The highest BCUT2D eigenvalue weighted by atomic mass is 19.1. The quantitative estimate of drug-likeness (QED) is 0.721. The van der Waals surface area contributed by atoms with Crippen LogP contribution in [0.1, 0.15) is 21.5 Å². The highest BCUT2D eigenvalue weighted by molar-refractivity contribution is 6.09. The first-order valence-electron chi connectivity index (χ1n) is 4.89. The van der Waals surface area contributed by atoms with Crippen molar-refractivity contribution < 1.29 is 9.18 Å². The number of hydrogen-bond acceptors (Lipinski definition) is 2. The molecule has 2 nitrogen and oxygen atoms in total. The third-order valence-electron chi connectivity index (χ3n) is 2.30. The monoisotopic (exact) mass is 215 g/mol. The summed E-state index contributed by atoms with van der Waals surface area (Å²) in [4.78, 5) is 15.6. The number of halogens is 1. The number of carbonyl (C=O) groups is 1. The first-order valence-corrected chi connectivity index (χ1v) is 4.89. The van der Waals surface area contributed by atoms with Crippen molar-refractivity contribution in [3.8, 4) is 0 Å². The van der Waals surface area contributed by atoms with E-state index in [0.29, 0.717) is 5.56 Å². The minimum Gasteiger partial charge on any atom is -0.288 e. The van der Waals surface area contributed by atoms with Gasteiger partial charge in [-0.25, -0.2) is 4.39 Å². The summed E-state index contributed by atoms with van der Waals surface area (Å²) in [7, 11) is 0. The Morgan fingerprint density at radius 2 is 2.12 bits per heavy atom. The van der Waals surface area contributed by atoms with Gasteiger partial charge in [0.15, 0.2) is 11.6 Å². The molecule has 0 unspecified atom stereocenters. The van der Waals surface area contributed by atoms with Crippen molar-refractivity contribution in [2.45, 2.75) is 6.92 Å². The van der Waals surface area contributed by atoms with Gasteiger partial charge in [-0.05, 0) is 19.1 Å². The first-order chi connectivity index (χ1) is 7.68. The van der Waals surface area contributed by atoms with Gasteiger partial charge in [0.2, 0.25) is 0 Å². The van der Waals surface area contributed by atoms with Crippen LogP contribution in [0.25, 0.3) is 0 Å². The Kier molecular flexibility index (Phi) is 2.77. The number of benzene rings is 1. The summed E-state index contributed by atoms with van der Waals surface area (Å²) in [6, 6.07) is 8.47. The molecule has 0 spiro atoms. The normalized spacial score (nSPS) is 10.1. The molecular formula is C13H10FNO. The molecule has 0 radical (unpaired) electrons. The number of aromatic nitrogens is 1. The van der Waals surface area contributed by atoms with Gasteiger partial charge in [-0.2, -0.15) is 0 Å². The van der Waals surface area contributed by atoms with Crippen molar-refractivity contribution in [3.63, 3.8) is 0 Å². The molecule has 3 heteroatoms. The van der Waals surface area contributed by atoms with Crippen LogP contribution in [0.15, 0.2) is 42.7 Å². The maximum absolute atomic E-state index is 13.3. The molecule has 0 saturated heterocycles. The van der Waals surface area contributed by atoms with Crippen LogP contribution in [0.4, 0.5) is 4.39 Å². The topological polar surface area (TPSA) is 30.0 Å². The number of pyridine rings is 1.